The van der Waals surface area contributed by atoms with Crippen molar-refractivity contribution in [2.45, 2.75) is 0 Å². The molecule has 0 saturated heterocycles. The zero-order valence-corrected chi connectivity index (χ0v) is 11.9. The minimum atomic E-state index is -0.155. The van der Waals surface area contributed by atoms with Gasteiger partial charge in [-0.05, 0) is 36.4 Å². The summed E-state index contributed by atoms with van der Waals surface area (Å²) in [5, 5.41) is 8.15. The summed E-state index contributed by atoms with van der Waals surface area (Å²) >= 11 is 0. The number of H-pyrrole nitrogens is 1. The van der Waals surface area contributed by atoms with Crippen molar-refractivity contribution in [1.82, 2.24) is 19.7 Å². The van der Waals surface area contributed by atoms with Crippen LogP contribution in [-0.4, -0.2) is 25.7 Å². The number of amides is 1. The number of hydrogen-bond acceptors (Lipinski definition) is 3. The molecule has 0 aliphatic rings. The fourth-order valence-electron chi connectivity index (χ4n) is 2.50. The summed E-state index contributed by atoms with van der Waals surface area (Å²) in [5.41, 5.74) is 3.98. The van der Waals surface area contributed by atoms with E-state index >= 15 is 0 Å². The average molecular weight is 291 g/mol. The fraction of sp³-hybridized carbons (Fsp3) is 0.0625. The highest BCUT2D eigenvalue weighted by Crippen LogP contribution is 2.19. The van der Waals surface area contributed by atoms with Gasteiger partial charge < -0.3 is 10.3 Å². The van der Waals surface area contributed by atoms with Gasteiger partial charge in [-0.15, -0.1) is 0 Å². The number of benzene rings is 2. The zero-order valence-electron chi connectivity index (χ0n) is 11.9. The molecule has 0 aliphatic carbocycles. The van der Waals surface area contributed by atoms with Crippen LogP contribution in [0.2, 0.25) is 0 Å². The maximum Gasteiger partial charge on any atom is 0.255 e. The van der Waals surface area contributed by atoms with Gasteiger partial charge in [0.05, 0.1) is 29.1 Å². The smallest absolute Gasteiger partial charge is 0.255 e. The number of aromatic nitrogens is 4. The van der Waals surface area contributed by atoms with Crippen molar-refractivity contribution in [3.8, 4) is 0 Å². The van der Waals surface area contributed by atoms with Gasteiger partial charge in [-0.1, -0.05) is 0 Å². The number of nitrogens with one attached hydrogen (secondary N) is 2. The maximum atomic E-state index is 12.4. The van der Waals surface area contributed by atoms with Gasteiger partial charge in [-0.25, -0.2) is 4.98 Å². The van der Waals surface area contributed by atoms with Crippen molar-refractivity contribution >= 4 is 33.5 Å². The molecule has 2 aromatic carbocycles. The molecule has 0 aliphatic heterocycles. The van der Waals surface area contributed by atoms with Crippen LogP contribution in [-0.2, 0) is 7.05 Å². The molecule has 4 aromatic rings. The SMILES string of the molecule is Cn1ncc2ccc(NC(=O)c3ccc4nc[nH]c4c3)cc21. The number of carbonyl (C=O) groups excluding carboxylic acids is 1. The molecule has 0 atom stereocenters. The molecule has 4 rings (SSSR count). The molecule has 0 saturated carbocycles. The van der Waals surface area contributed by atoms with E-state index in [0.29, 0.717) is 5.56 Å². The quantitative estimate of drug-likeness (QED) is 0.596. The van der Waals surface area contributed by atoms with Crippen LogP contribution in [0.4, 0.5) is 5.69 Å². The van der Waals surface area contributed by atoms with Crippen LogP contribution >= 0.6 is 0 Å². The minimum absolute atomic E-state index is 0.155. The van der Waals surface area contributed by atoms with Gasteiger partial charge in [-0.2, -0.15) is 5.10 Å². The van der Waals surface area contributed by atoms with Crippen LogP contribution < -0.4 is 5.32 Å². The first-order valence-electron chi connectivity index (χ1n) is 6.87. The van der Waals surface area contributed by atoms with Crippen molar-refractivity contribution in [2.24, 2.45) is 7.05 Å². The molecule has 1 amide bonds. The Bertz CT molecular complexity index is 998. The lowest BCUT2D eigenvalue weighted by Gasteiger charge is -2.06. The first-order chi connectivity index (χ1) is 10.7. The lowest BCUT2D eigenvalue weighted by molar-refractivity contribution is 0.102. The number of rotatable bonds is 2. The topological polar surface area (TPSA) is 75.6 Å². The lowest BCUT2D eigenvalue weighted by atomic mass is 10.1. The summed E-state index contributed by atoms with van der Waals surface area (Å²) in [6.45, 7) is 0. The van der Waals surface area contributed by atoms with Gasteiger partial charge in [-0.3, -0.25) is 9.48 Å². The van der Waals surface area contributed by atoms with E-state index < -0.39 is 0 Å². The van der Waals surface area contributed by atoms with Gasteiger partial charge in [0.25, 0.3) is 5.91 Å². The molecule has 6 heteroatoms. The molecule has 2 aromatic heterocycles. The number of aromatic amines is 1. The van der Waals surface area contributed by atoms with E-state index in [1.54, 1.807) is 29.3 Å². The van der Waals surface area contributed by atoms with Gasteiger partial charge in [0, 0.05) is 23.7 Å². The third kappa shape index (κ3) is 2.01. The molecular weight excluding hydrogens is 278 g/mol. The lowest BCUT2D eigenvalue weighted by Crippen LogP contribution is -2.11. The van der Waals surface area contributed by atoms with Crippen LogP contribution in [0.25, 0.3) is 21.9 Å². The second kappa shape index (κ2) is 4.70. The summed E-state index contributed by atoms with van der Waals surface area (Å²) in [6.07, 6.45) is 3.41. The predicted octanol–water partition coefficient (Wildman–Crippen LogP) is 2.70. The highest BCUT2D eigenvalue weighted by molar-refractivity contribution is 6.06. The normalized spacial score (nSPS) is 11.1. The van der Waals surface area contributed by atoms with Crippen molar-refractivity contribution < 1.29 is 4.79 Å². The minimum Gasteiger partial charge on any atom is -0.345 e. The fourth-order valence-corrected chi connectivity index (χ4v) is 2.50. The number of aryl methyl sites for hydroxylation is 1. The number of carbonyl (C=O) groups is 1. The Balaban J connectivity index is 1.65. The second-order valence-corrected chi connectivity index (χ2v) is 5.13. The average Bonchev–Trinajstić information content (AvgIpc) is 3.13. The Kier molecular flexibility index (Phi) is 2.69. The molecule has 108 valence electrons. The monoisotopic (exact) mass is 291 g/mol. The molecule has 22 heavy (non-hydrogen) atoms. The summed E-state index contributed by atoms with van der Waals surface area (Å²) in [5.74, 6) is -0.155. The molecular formula is C16H13N5O. The summed E-state index contributed by atoms with van der Waals surface area (Å²) in [7, 11) is 1.88. The van der Waals surface area contributed by atoms with Crippen molar-refractivity contribution in [3.63, 3.8) is 0 Å². The first-order valence-corrected chi connectivity index (χ1v) is 6.87. The van der Waals surface area contributed by atoms with Crippen molar-refractivity contribution in [1.29, 1.82) is 0 Å². The van der Waals surface area contributed by atoms with Gasteiger partial charge >= 0.3 is 0 Å². The van der Waals surface area contributed by atoms with E-state index in [4.69, 9.17) is 0 Å². The first kappa shape index (κ1) is 12.6. The number of hydrogen-bond donors (Lipinski definition) is 2. The van der Waals surface area contributed by atoms with E-state index in [2.05, 4.69) is 20.4 Å². The van der Waals surface area contributed by atoms with Crippen LogP contribution in [0, 0.1) is 0 Å². The largest absolute Gasteiger partial charge is 0.345 e. The number of fused-ring (bicyclic) bond motifs is 2. The molecule has 6 nitrogen and oxygen atoms in total. The molecule has 2 heterocycles. The van der Waals surface area contributed by atoms with Crippen LogP contribution in [0.5, 0.6) is 0 Å². The van der Waals surface area contributed by atoms with E-state index in [1.165, 1.54) is 0 Å². The van der Waals surface area contributed by atoms with Crippen LogP contribution in [0.15, 0.2) is 48.9 Å². The third-order valence-corrected chi connectivity index (χ3v) is 3.69. The number of anilines is 1. The molecule has 0 bridgehead atoms. The second-order valence-electron chi connectivity index (χ2n) is 5.13. The Morgan fingerprint density at radius 2 is 2.14 bits per heavy atom. The van der Waals surface area contributed by atoms with E-state index in [0.717, 1.165) is 27.6 Å². The number of nitrogens with zero attached hydrogens (tertiary/aromatic N) is 3. The highest BCUT2D eigenvalue weighted by Gasteiger charge is 2.09. The number of imidazole rings is 1. The van der Waals surface area contributed by atoms with Crippen molar-refractivity contribution in [3.05, 3.63) is 54.5 Å². The highest BCUT2D eigenvalue weighted by atomic mass is 16.1. The van der Waals surface area contributed by atoms with Gasteiger partial charge in [0.15, 0.2) is 0 Å². The maximum absolute atomic E-state index is 12.4. The molecule has 0 unspecified atom stereocenters. The van der Waals surface area contributed by atoms with E-state index in [9.17, 15) is 4.79 Å². The summed E-state index contributed by atoms with van der Waals surface area (Å²) in [6, 6.07) is 11.1. The molecule has 0 spiro atoms. The Morgan fingerprint density at radius 1 is 1.23 bits per heavy atom. The van der Waals surface area contributed by atoms with E-state index in [-0.39, 0.29) is 5.91 Å². The Morgan fingerprint density at radius 3 is 3.05 bits per heavy atom. The third-order valence-electron chi connectivity index (χ3n) is 3.69. The molecule has 0 fully saturated rings. The van der Waals surface area contributed by atoms with Crippen LogP contribution in [0.1, 0.15) is 10.4 Å². The van der Waals surface area contributed by atoms with Crippen LogP contribution in [0.3, 0.4) is 0 Å². The molecule has 2 N–H and O–H groups in total. The zero-order chi connectivity index (χ0) is 15.1. The Hall–Kier alpha value is -3.15. The predicted molar refractivity (Wildman–Crippen MR) is 84.8 cm³/mol. The summed E-state index contributed by atoms with van der Waals surface area (Å²) in [4.78, 5) is 19.5. The van der Waals surface area contributed by atoms with Gasteiger partial charge in [0.1, 0.15) is 0 Å². The Labute approximate surface area is 125 Å². The van der Waals surface area contributed by atoms with Gasteiger partial charge in [0.2, 0.25) is 0 Å². The van der Waals surface area contributed by atoms with Crippen molar-refractivity contribution in [2.75, 3.05) is 5.32 Å². The summed E-state index contributed by atoms with van der Waals surface area (Å²) < 4.78 is 1.78. The standard InChI is InChI=1S/C16H13N5O/c1-21-15-7-12(4-2-11(15)8-19-21)20-16(22)10-3-5-13-14(6-10)18-9-17-13/h2-9H,1H3,(H,17,18)(H,20,22). The molecule has 0 radical (unpaired) electrons. The van der Waals surface area contributed by atoms with E-state index in [1.807, 2.05) is 31.3 Å².